The van der Waals surface area contributed by atoms with Crippen molar-refractivity contribution < 1.29 is 9.21 Å². The summed E-state index contributed by atoms with van der Waals surface area (Å²) in [5, 5.41) is 2.83. The number of aryl methyl sites for hydroxylation is 2. The Labute approximate surface area is 120 Å². The Kier molecular flexibility index (Phi) is 2.57. The van der Waals surface area contributed by atoms with E-state index in [1.54, 1.807) is 0 Å². The number of fused-ring (bicyclic) bond motifs is 2. The molecule has 0 aliphatic carbocycles. The zero-order chi connectivity index (χ0) is 14.4. The molecule has 6 heteroatoms. The number of oxazole rings is 1. The number of imidazole rings is 1. The second-order valence-electron chi connectivity index (χ2n) is 5.21. The van der Waals surface area contributed by atoms with Crippen LogP contribution in [0.5, 0.6) is 0 Å². The molecule has 1 aromatic carbocycles. The van der Waals surface area contributed by atoms with Crippen LogP contribution in [0.3, 0.4) is 0 Å². The fourth-order valence-electron chi connectivity index (χ4n) is 2.62. The summed E-state index contributed by atoms with van der Waals surface area (Å²) in [6.45, 7) is 2.67. The number of carbonyl (C=O) groups is 1. The molecule has 1 aliphatic heterocycles. The Bertz CT molecular complexity index is 847. The molecule has 0 radical (unpaired) electrons. The van der Waals surface area contributed by atoms with Crippen LogP contribution in [0.25, 0.3) is 22.8 Å². The van der Waals surface area contributed by atoms with Gasteiger partial charge < -0.3 is 14.7 Å². The summed E-state index contributed by atoms with van der Waals surface area (Å²) in [6.07, 6.45) is 1.69. The van der Waals surface area contributed by atoms with Crippen LogP contribution in [0, 0.1) is 6.92 Å². The number of benzene rings is 1. The molecule has 2 N–H and O–H groups in total. The van der Waals surface area contributed by atoms with Gasteiger partial charge in [0, 0.05) is 12.2 Å². The van der Waals surface area contributed by atoms with Crippen molar-refractivity contribution in [1.29, 1.82) is 0 Å². The summed E-state index contributed by atoms with van der Waals surface area (Å²) in [7, 11) is 0. The number of nitrogens with zero attached hydrogens (tertiary/aromatic N) is 2. The van der Waals surface area contributed by atoms with Crippen molar-refractivity contribution in [2.24, 2.45) is 0 Å². The lowest BCUT2D eigenvalue weighted by atomic mass is 10.2. The van der Waals surface area contributed by atoms with Crippen molar-refractivity contribution in [3.8, 4) is 11.7 Å². The number of aromatic amines is 1. The van der Waals surface area contributed by atoms with Crippen LogP contribution < -0.4 is 5.32 Å². The normalized spacial score (nSPS) is 14.8. The molecule has 2 aromatic heterocycles. The number of hydrogen-bond acceptors (Lipinski definition) is 4. The van der Waals surface area contributed by atoms with Gasteiger partial charge in [-0.3, -0.25) is 4.79 Å². The van der Waals surface area contributed by atoms with Gasteiger partial charge in [-0.25, -0.2) is 9.97 Å². The molecule has 0 saturated heterocycles. The molecule has 0 fully saturated rings. The Morgan fingerprint density at radius 3 is 3.05 bits per heavy atom. The topological polar surface area (TPSA) is 83.8 Å². The van der Waals surface area contributed by atoms with Gasteiger partial charge in [0.25, 0.3) is 11.8 Å². The molecule has 0 bridgehead atoms. The zero-order valence-electron chi connectivity index (χ0n) is 11.6. The quantitative estimate of drug-likeness (QED) is 0.716. The second-order valence-corrected chi connectivity index (χ2v) is 5.21. The first-order valence-electron chi connectivity index (χ1n) is 6.96. The summed E-state index contributed by atoms with van der Waals surface area (Å²) in [4.78, 5) is 23.9. The molecule has 21 heavy (non-hydrogen) atoms. The lowest BCUT2D eigenvalue weighted by Gasteiger charge is -1.95. The maximum atomic E-state index is 11.9. The van der Waals surface area contributed by atoms with Gasteiger partial charge >= 0.3 is 0 Å². The Morgan fingerprint density at radius 2 is 2.19 bits per heavy atom. The molecule has 0 atom stereocenters. The largest absolute Gasteiger partial charge is 0.434 e. The second kappa shape index (κ2) is 4.44. The van der Waals surface area contributed by atoms with E-state index in [-0.39, 0.29) is 5.91 Å². The minimum Gasteiger partial charge on any atom is -0.434 e. The lowest BCUT2D eigenvalue weighted by molar-refractivity contribution is 0.0951. The molecule has 3 aromatic rings. The first kappa shape index (κ1) is 12.1. The highest BCUT2D eigenvalue weighted by molar-refractivity contribution is 5.94. The van der Waals surface area contributed by atoms with Gasteiger partial charge in [-0.05, 0) is 31.4 Å². The molecular weight excluding hydrogens is 268 g/mol. The number of hydrogen-bond donors (Lipinski definition) is 2. The van der Waals surface area contributed by atoms with Crippen LogP contribution in [0.15, 0.2) is 22.6 Å². The van der Waals surface area contributed by atoms with E-state index in [1.807, 2.05) is 25.1 Å². The number of para-hydroxylation sites is 1. The van der Waals surface area contributed by atoms with Crippen LogP contribution >= 0.6 is 0 Å². The van der Waals surface area contributed by atoms with E-state index in [4.69, 9.17) is 4.42 Å². The summed E-state index contributed by atoms with van der Waals surface area (Å²) < 4.78 is 5.74. The van der Waals surface area contributed by atoms with Crippen LogP contribution in [0.4, 0.5) is 0 Å². The summed E-state index contributed by atoms with van der Waals surface area (Å²) >= 11 is 0. The molecule has 4 rings (SSSR count). The first-order chi connectivity index (χ1) is 10.2. The molecular formula is C15H14N4O2. The maximum Gasteiger partial charge on any atom is 0.271 e. The maximum absolute atomic E-state index is 11.9. The van der Waals surface area contributed by atoms with Gasteiger partial charge in [-0.15, -0.1) is 0 Å². The predicted octanol–water partition coefficient (Wildman–Crippen LogP) is 2.20. The number of aromatic nitrogens is 3. The van der Waals surface area contributed by atoms with E-state index in [0.717, 1.165) is 35.2 Å². The van der Waals surface area contributed by atoms with Crippen LogP contribution in [0.1, 0.15) is 28.2 Å². The predicted molar refractivity (Wildman–Crippen MR) is 77.0 cm³/mol. The van der Waals surface area contributed by atoms with E-state index >= 15 is 0 Å². The zero-order valence-corrected chi connectivity index (χ0v) is 11.6. The van der Waals surface area contributed by atoms with Crippen molar-refractivity contribution in [2.45, 2.75) is 19.8 Å². The van der Waals surface area contributed by atoms with Gasteiger partial charge in [-0.2, -0.15) is 0 Å². The van der Waals surface area contributed by atoms with Crippen molar-refractivity contribution >= 4 is 17.0 Å². The first-order valence-corrected chi connectivity index (χ1v) is 6.96. The summed E-state index contributed by atoms with van der Waals surface area (Å²) in [5.41, 5.74) is 3.89. The van der Waals surface area contributed by atoms with Gasteiger partial charge in [0.05, 0.1) is 0 Å². The molecule has 3 heterocycles. The SMILES string of the molecule is Cc1cccc2oc(-c3nc4c([nH]3)CCCNC4=O)nc12. The van der Waals surface area contributed by atoms with Crippen molar-refractivity contribution in [3.05, 3.63) is 35.2 Å². The fraction of sp³-hybridized carbons (Fsp3) is 0.267. The number of rotatable bonds is 1. The van der Waals surface area contributed by atoms with E-state index < -0.39 is 0 Å². The van der Waals surface area contributed by atoms with Crippen LogP contribution in [-0.2, 0) is 6.42 Å². The van der Waals surface area contributed by atoms with Gasteiger partial charge in [-0.1, -0.05) is 12.1 Å². The van der Waals surface area contributed by atoms with Crippen LogP contribution in [-0.4, -0.2) is 27.4 Å². The summed E-state index contributed by atoms with van der Waals surface area (Å²) in [5.74, 6) is 0.783. The monoisotopic (exact) mass is 282 g/mol. The Morgan fingerprint density at radius 1 is 1.29 bits per heavy atom. The molecule has 1 amide bonds. The average Bonchev–Trinajstić information content (AvgIpc) is 3.04. The molecule has 6 nitrogen and oxygen atoms in total. The molecule has 1 aliphatic rings. The standard InChI is InChI=1S/C15H14N4O2/c1-8-4-2-6-10-11(8)19-15(21-10)13-17-9-5-3-7-16-14(20)12(9)18-13/h2,4,6H,3,5,7H2,1H3,(H,16,20)(H,17,18). The molecule has 0 spiro atoms. The fourth-order valence-corrected chi connectivity index (χ4v) is 2.62. The smallest absolute Gasteiger partial charge is 0.271 e. The van der Waals surface area contributed by atoms with E-state index in [0.29, 0.717) is 24.0 Å². The summed E-state index contributed by atoms with van der Waals surface area (Å²) in [6, 6.07) is 5.79. The number of carbonyl (C=O) groups excluding carboxylic acids is 1. The number of H-pyrrole nitrogens is 1. The van der Waals surface area contributed by atoms with Crippen LogP contribution in [0.2, 0.25) is 0 Å². The third kappa shape index (κ3) is 1.91. The van der Waals surface area contributed by atoms with Gasteiger partial charge in [0.15, 0.2) is 11.4 Å². The Balaban J connectivity index is 1.84. The Hall–Kier alpha value is -2.63. The van der Waals surface area contributed by atoms with Crippen molar-refractivity contribution in [2.75, 3.05) is 6.54 Å². The van der Waals surface area contributed by atoms with Gasteiger partial charge in [0.1, 0.15) is 11.2 Å². The highest BCUT2D eigenvalue weighted by atomic mass is 16.3. The molecule has 0 saturated carbocycles. The number of amides is 1. The average molecular weight is 282 g/mol. The minimum atomic E-state index is -0.141. The lowest BCUT2D eigenvalue weighted by Crippen LogP contribution is -2.23. The van der Waals surface area contributed by atoms with Crippen molar-refractivity contribution in [3.63, 3.8) is 0 Å². The highest BCUT2D eigenvalue weighted by Gasteiger charge is 2.22. The van der Waals surface area contributed by atoms with E-state index in [9.17, 15) is 4.79 Å². The highest BCUT2D eigenvalue weighted by Crippen LogP contribution is 2.25. The molecule has 0 unspecified atom stereocenters. The third-order valence-electron chi connectivity index (χ3n) is 3.71. The van der Waals surface area contributed by atoms with E-state index in [1.165, 1.54) is 0 Å². The van der Waals surface area contributed by atoms with Gasteiger partial charge in [0.2, 0.25) is 0 Å². The third-order valence-corrected chi connectivity index (χ3v) is 3.71. The van der Waals surface area contributed by atoms with E-state index in [2.05, 4.69) is 20.3 Å². The molecule has 106 valence electrons. The number of nitrogens with one attached hydrogen (secondary N) is 2. The minimum absolute atomic E-state index is 0.141. The van der Waals surface area contributed by atoms with Crippen molar-refractivity contribution in [1.82, 2.24) is 20.3 Å².